The molecule has 4 rings (SSSR count). The molecule has 8 nitrogen and oxygen atoms in total. The highest BCUT2D eigenvalue weighted by Crippen LogP contribution is 2.32. The first-order valence-electron chi connectivity index (χ1n) is 10.9. The predicted molar refractivity (Wildman–Crippen MR) is 119 cm³/mol. The Morgan fingerprint density at radius 1 is 0.906 bits per heavy atom. The highest BCUT2D eigenvalue weighted by molar-refractivity contribution is 7.89. The molecule has 1 unspecified atom stereocenters. The Morgan fingerprint density at radius 3 is 2.56 bits per heavy atom. The lowest BCUT2D eigenvalue weighted by Crippen LogP contribution is -2.32. The van der Waals surface area contributed by atoms with E-state index >= 15 is 0 Å². The molecule has 172 valence electrons. The van der Waals surface area contributed by atoms with Crippen molar-refractivity contribution < 1.29 is 27.4 Å². The number of rotatable bonds is 9. The van der Waals surface area contributed by atoms with Gasteiger partial charge in [-0.05, 0) is 31.0 Å². The number of amides is 1. The van der Waals surface area contributed by atoms with Gasteiger partial charge in [-0.1, -0.05) is 24.6 Å². The first-order chi connectivity index (χ1) is 15.5. The largest absolute Gasteiger partial charge is 0.493 e. The van der Waals surface area contributed by atoms with Crippen molar-refractivity contribution in [2.45, 2.75) is 43.0 Å². The molecule has 0 saturated carbocycles. The fourth-order valence-electron chi connectivity index (χ4n) is 3.83. The number of unbranched alkanes of at least 4 members (excludes halogenated alkanes) is 2. The summed E-state index contributed by atoms with van der Waals surface area (Å²) in [7, 11) is -3.62. The maximum Gasteiger partial charge on any atom is 0.240 e. The van der Waals surface area contributed by atoms with E-state index in [-0.39, 0.29) is 16.8 Å². The number of para-hydroxylation sites is 1. The molecule has 0 radical (unpaired) electrons. The van der Waals surface area contributed by atoms with Gasteiger partial charge >= 0.3 is 0 Å². The van der Waals surface area contributed by atoms with Crippen LogP contribution in [0.1, 0.15) is 43.7 Å². The van der Waals surface area contributed by atoms with Crippen LogP contribution in [0, 0.1) is 0 Å². The zero-order valence-corrected chi connectivity index (χ0v) is 18.7. The topological polar surface area (TPSA) is 103 Å². The summed E-state index contributed by atoms with van der Waals surface area (Å²) in [6, 6.07) is 12.3. The van der Waals surface area contributed by atoms with E-state index in [1.165, 1.54) is 12.1 Å². The number of sulfonamides is 1. The number of nitrogens with one attached hydrogen (secondary N) is 2. The molecule has 2 aliphatic heterocycles. The van der Waals surface area contributed by atoms with Crippen molar-refractivity contribution in [3.05, 3.63) is 48.0 Å². The second-order valence-corrected chi connectivity index (χ2v) is 9.58. The average molecular weight is 461 g/mol. The Hall–Kier alpha value is -2.78. The Morgan fingerprint density at radius 2 is 1.69 bits per heavy atom. The van der Waals surface area contributed by atoms with E-state index < -0.39 is 10.0 Å². The van der Waals surface area contributed by atoms with E-state index in [0.717, 1.165) is 24.2 Å². The van der Waals surface area contributed by atoms with E-state index in [1.807, 2.05) is 24.3 Å². The zero-order valence-electron chi connectivity index (χ0n) is 17.8. The van der Waals surface area contributed by atoms with Gasteiger partial charge in [0.25, 0.3) is 0 Å². The van der Waals surface area contributed by atoms with Crippen LogP contribution in [0.15, 0.2) is 47.4 Å². The van der Waals surface area contributed by atoms with Crippen molar-refractivity contribution in [2.24, 2.45) is 0 Å². The van der Waals surface area contributed by atoms with Crippen LogP contribution in [0.25, 0.3) is 0 Å². The molecule has 1 amide bonds. The molecule has 0 aromatic heterocycles. The molecule has 2 heterocycles. The van der Waals surface area contributed by atoms with E-state index in [4.69, 9.17) is 14.2 Å². The van der Waals surface area contributed by atoms with Crippen LogP contribution in [0.3, 0.4) is 0 Å². The summed E-state index contributed by atoms with van der Waals surface area (Å²) in [6.45, 7) is 1.76. The molecule has 32 heavy (non-hydrogen) atoms. The first-order valence-corrected chi connectivity index (χ1v) is 12.4. The smallest absolute Gasteiger partial charge is 0.240 e. The second kappa shape index (κ2) is 10.2. The van der Waals surface area contributed by atoms with Crippen molar-refractivity contribution in [2.75, 3.05) is 26.4 Å². The third-order valence-electron chi connectivity index (χ3n) is 5.49. The number of fused-ring (bicyclic) bond motifs is 2. The van der Waals surface area contributed by atoms with Gasteiger partial charge in [-0.2, -0.15) is 0 Å². The van der Waals surface area contributed by atoms with Gasteiger partial charge in [0.15, 0.2) is 11.5 Å². The Bertz CT molecular complexity index is 1060. The zero-order chi connectivity index (χ0) is 22.4. The van der Waals surface area contributed by atoms with Crippen molar-refractivity contribution in [1.82, 2.24) is 10.0 Å². The van der Waals surface area contributed by atoms with Gasteiger partial charge in [0.2, 0.25) is 15.9 Å². The molecule has 2 aromatic carbocycles. The maximum atomic E-state index is 12.5. The van der Waals surface area contributed by atoms with E-state index in [1.54, 1.807) is 6.07 Å². The number of hydrogen-bond donors (Lipinski definition) is 2. The summed E-state index contributed by atoms with van der Waals surface area (Å²) in [5, 5.41) is 3.08. The van der Waals surface area contributed by atoms with Gasteiger partial charge in [0.1, 0.15) is 19.0 Å². The fourth-order valence-corrected chi connectivity index (χ4v) is 4.92. The number of benzene rings is 2. The molecular formula is C23H28N2O6S. The Kier molecular flexibility index (Phi) is 7.16. The van der Waals surface area contributed by atoms with Crippen molar-refractivity contribution in [3.8, 4) is 17.2 Å². The molecule has 2 aliphatic rings. The lowest BCUT2D eigenvalue weighted by atomic mass is 10.0. The maximum absolute atomic E-state index is 12.5. The average Bonchev–Trinajstić information content (AvgIpc) is 2.81. The molecule has 0 spiro atoms. The Balaban J connectivity index is 1.16. The molecule has 0 fully saturated rings. The summed E-state index contributed by atoms with van der Waals surface area (Å²) >= 11 is 0. The van der Waals surface area contributed by atoms with Crippen molar-refractivity contribution in [3.63, 3.8) is 0 Å². The third kappa shape index (κ3) is 5.52. The molecule has 0 aliphatic carbocycles. The lowest BCUT2D eigenvalue weighted by molar-refractivity contribution is -0.122. The summed E-state index contributed by atoms with van der Waals surface area (Å²) in [6.07, 6.45) is 3.26. The van der Waals surface area contributed by atoms with E-state index in [9.17, 15) is 13.2 Å². The number of hydrogen-bond acceptors (Lipinski definition) is 6. The standard InChI is InChI=1S/C23H28N2O6S/c26-23(25-19-11-13-29-20-7-4-3-6-18(19)20)8-2-1-5-12-24-32(27,28)17-9-10-21-22(16-17)31-15-14-30-21/h3-4,6-7,9-10,16,19,24H,1-2,5,8,11-15H2,(H,25,26). The van der Waals surface area contributed by atoms with Gasteiger partial charge in [-0.15, -0.1) is 0 Å². The minimum absolute atomic E-state index is 0.00330. The summed E-state index contributed by atoms with van der Waals surface area (Å²) in [4.78, 5) is 12.5. The highest BCUT2D eigenvalue weighted by atomic mass is 32.2. The molecule has 0 bridgehead atoms. The predicted octanol–water partition coefficient (Wildman–Crippen LogP) is 2.94. The van der Waals surface area contributed by atoms with Crippen LogP contribution in [0.4, 0.5) is 0 Å². The molecule has 2 N–H and O–H groups in total. The molecule has 0 saturated heterocycles. The van der Waals surface area contributed by atoms with Gasteiger partial charge in [-0.3, -0.25) is 4.79 Å². The SMILES string of the molecule is O=C(CCCCCNS(=O)(=O)c1ccc2c(c1)OCCO2)NC1CCOc2ccccc21. The summed E-state index contributed by atoms with van der Waals surface area (Å²) in [5.74, 6) is 1.83. The highest BCUT2D eigenvalue weighted by Gasteiger charge is 2.22. The van der Waals surface area contributed by atoms with Crippen LogP contribution >= 0.6 is 0 Å². The van der Waals surface area contributed by atoms with Crippen LogP contribution < -0.4 is 24.2 Å². The second-order valence-electron chi connectivity index (χ2n) is 7.81. The monoisotopic (exact) mass is 460 g/mol. The third-order valence-corrected chi connectivity index (χ3v) is 6.95. The molecular weight excluding hydrogens is 432 g/mol. The lowest BCUT2D eigenvalue weighted by Gasteiger charge is -2.26. The minimum Gasteiger partial charge on any atom is -0.493 e. The van der Waals surface area contributed by atoms with E-state index in [2.05, 4.69) is 10.0 Å². The van der Waals surface area contributed by atoms with Gasteiger partial charge < -0.3 is 19.5 Å². The Labute approximate surface area is 188 Å². The molecule has 1 atom stereocenters. The minimum atomic E-state index is -3.62. The number of carbonyl (C=O) groups is 1. The van der Waals surface area contributed by atoms with E-state index in [0.29, 0.717) is 57.1 Å². The van der Waals surface area contributed by atoms with Gasteiger partial charge in [-0.25, -0.2) is 13.1 Å². The van der Waals surface area contributed by atoms with Crippen LogP contribution in [-0.4, -0.2) is 40.7 Å². The number of carbonyl (C=O) groups excluding carboxylic acids is 1. The van der Waals surface area contributed by atoms with Gasteiger partial charge in [0, 0.05) is 31.0 Å². The summed E-state index contributed by atoms with van der Waals surface area (Å²) < 4.78 is 44.1. The fraction of sp³-hybridized carbons (Fsp3) is 0.435. The molecule has 9 heteroatoms. The summed E-state index contributed by atoms with van der Waals surface area (Å²) in [5.41, 5.74) is 1.01. The van der Waals surface area contributed by atoms with Crippen LogP contribution in [0.2, 0.25) is 0 Å². The normalized spacial score (nSPS) is 17.2. The van der Waals surface area contributed by atoms with Gasteiger partial charge in [0.05, 0.1) is 17.5 Å². The van der Waals surface area contributed by atoms with Crippen LogP contribution in [-0.2, 0) is 14.8 Å². The number of ether oxygens (including phenoxy) is 3. The van der Waals surface area contributed by atoms with Crippen molar-refractivity contribution >= 4 is 15.9 Å². The quantitative estimate of drug-likeness (QED) is 0.558. The first kappa shape index (κ1) is 22.4. The van der Waals surface area contributed by atoms with Crippen molar-refractivity contribution in [1.29, 1.82) is 0 Å². The van der Waals surface area contributed by atoms with Crippen LogP contribution in [0.5, 0.6) is 17.2 Å². The molecule has 2 aromatic rings.